The molecule has 1 aliphatic rings. The summed E-state index contributed by atoms with van der Waals surface area (Å²) in [6, 6.07) is 28.0. The molecule has 0 bridgehead atoms. The Morgan fingerprint density at radius 3 is 2.17 bits per heavy atom. The van der Waals surface area contributed by atoms with Crippen molar-refractivity contribution in [3.63, 3.8) is 0 Å². The molecule has 1 fully saturated rings. The van der Waals surface area contributed by atoms with E-state index in [2.05, 4.69) is 0 Å². The van der Waals surface area contributed by atoms with Crippen molar-refractivity contribution in [2.45, 2.75) is 17.5 Å². The van der Waals surface area contributed by atoms with E-state index in [1.807, 2.05) is 36.4 Å². The summed E-state index contributed by atoms with van der Waals surface area (Å²) in [7, 11) is -2.53. The second-order valence-corrected chi connectivity index (χ2v) is 12.3. The number of likely N-dealkylation sites (N-methyl/N-ethyl adjacent to an activating group) is 1. The van der Waals surface area contributed by atoms with Gasteiger partial charge in [0.05, 0.1) is 32.7 Å². The third-order valence-electron chi connectivity index (χ3n) is 7.02. The fourth-order valence-electron chi connectivity index (χ4n) is 4.83. The minimum absolute atomic E-state index is 0.00940. The highest BCUT2D eigenvalue weighted by atomic mass is 35.5. The van der Waals surface area contributed by atoms with E-state index in [0.717, 1.165) is 5.56 Å². The average Bonchev–Trinajstić information content (AvgIpc) is 2.98. The molecular weight excluding hydrogens is 581 g/mol. The van der Waals surface area contributed by atoms with Gasteiger partial charge in [0.15, 0.2) is 0 Å². The molecule has 0 spiro atoms. The number of nitrogens with zero attached hydrogens (tertiary/aromatic N) is 3. The van der Waals surface area contributed by atoms with Gasteiger partial charge in [-0.15, -0.1) is 0 Å². The summed E-state index contributed by atoms with van der Waals surface area (Å²) in [5, 5.41) is 0.346. The van der Waals surface area contributed by atoms with Gasteiger partial charge in [-0.05, 0) is 41.5 Å². The van der Waals surface area contributed by atoms with Crippen molar-refractivity contribution in [1.82, 2.24) is 9.80 Å². The number of amides is 2. The van der Waals surface area contributed by atoms with Crippen LogP contribution >= 0.6 is 23.2 Å². The predicted molar refractivity (Wildman–Crippen MR) is 161 cm³/mol. The van der Waals surface area contributed by atoms with Gasteiger partial charge < -0.3 is 9.80 Å². The van der Waals surface area contributed by atoms with Crippen molar-refractivity contribution in [3.8, 4) is 0 Å². The number of carbonyl (C=O) groups is 2. The van der Waals surface area contributed by atoms with E-state index in [1.54, 1.807) is 60.5 Å². The molecule has 5 rings (SSSR count). The molecule has 210 valence electrons. The van der Waals surface area contributed by atoms with Crippen LogP contribution in [0.15, 0.2) is 108 Å². The summed E-state index contributed by atoms with van der Waals surface area (Å²) >= 11 is 13.0. The Labute approximate surface area is 249 Å². The summed E-state index contributed by atoms with van der Waals surface area (Å²) in [5.74, 6) is -0.766. The van der Waals surface area contributed by atoms with Crippen LogP contribution in [-0.2, 0) is 21.4 Å². The summed E-state index contributed by atoms with van der Waals surface area (Å²) in [5.41, 5.74) is 1.70. The van der Waals surface area contributed by atoms with Crippen molar-refractivity contribution in [2.24, 2.45) is 0 Å². The number of hydrogen-bond donors (Lipinski definition) is 0. The minimum atomic E-state index is -4.22. The lowest BCUT2D eigenvalue weighted by molar-refractivity contribution is -0.138. The molecule has 2 amide bonds. The van der Waals surface area contributed by atoms with E-state index >= 15 is 0 Å². The molecule has 41 heavy (non-hydrogen) atoms. The molecule has 7 nitrogen and oxygen atoms in total. The standard InChI is InChI=1S/C31H27Cl2N3O4S/c1-34-18-19-35(29(31(34)38)23-12-6-3-7-13-23)30(37)25-20-24(16-17-26(25)32)41(39,40)36(21-22-10-4-2-5-11-22)28-15-9-8-14-27(28)33/h2-17,20,29H,18-19,21H2,1H3. The number of para-hydroxylation sites is 1. The van der Waals surface area contributed by atoms with Crippen molar-refractivity contribution in [3.05, 3.63) is 130 Å². The highest BCUT2D eigenvalue weighted by Gasteiger charge is 2.38. The highest BCUT2D eigenvalue weighted by molar-refractivity contribution is 7.92. The van der Waals surface area contributed by atoms with E-state index in [1.165, 1.54) is 27.4 Å². The number of piperazine rings is 1. The van der Waals surface area contributed by atoms with Crippen molar-refractivity contribution >= 4 is 50.7 Å². The number of benzene rings is 4. The number of hydrogen-bond acceptors (Lipinski definition) is 4. The van der Waals surface area contributed by atoms with E-state index < -0.39 is 22.0 Å². The molecule has 1 saturated heterocycles. The van der Waals surface area contributed by atoms with Crippen LogP contribution in [0.25, 0.3) is 0 Å². The molecule has 10 heteroatoms. The minimum Gasteiger partial charge on any atom is -0.342 e. The molecule has 0 aliphatic carbocycles. The van der Waals surface area contributed by atoms with E-state index in [4.69, 9.17) is 23.2 Å². The number of halogens is 2. The Hall–Kier alpha value is -3.85. The average molecular weight is 609 g/mol. The maximum atomic E-state index is 14.2. The first-order valence-electron chi connectivity index (χ1n) is 12.9. The topological polar surface area (TPSA) is 78.0 Å². The highest BCUT2D eigenvalue weighted by Crippen LogP contribution is 2.34. The second-order valence-electron chi connectivity index (χ2n) is 9.66. The maximum Gasteiger partial charge on any atom is 0.264 e. The number of carbonyl (C=O) groups excluding carboxylic acids is 2. The van der Waals surface area contributed by atoms with Crippen LogP contribution in [0.1, 0.15) is 27.5 Å². The molecular formula is C31H27Cl2N3O4S. The largest absolute Gasteiger partial charge is 0.342 e. The Morgan fingerprint density at radius 1 is 0.854 bits per heavy atom. The monoisotopic (exact) mass is 607 g/mol. The van der Waals surface area contributed by atoms with Crippen molar-refractivity contribution < 1.29 is 18.0 Å². The molecule has 1 atom stereocenters. The van der Waals surface area contributed by atoms with Crippen LogP contribution in [0.5, 0.6) is 0 Å². The lowest BCUT2D eigenvalue weighted by atomic mass is 10.0. The summed E-state index contributed by atoms with van der Waals surface area (Å²) in [6.45, 7) is 0.608. The Balaban J connectivity index is 1.56. The third kappa shape index (κ3) is 5.81. The molecule has 1 aliphatic heterocycles. The SMILES string of the molecule is CN1CCN(C(=O)c2cc(S(=O)(=O)N(Cc3ccccc3)c3ccccc3Cl)ccc2Cl)C(c2ccccc2)C1=O. The summed E-state index contributed by atoms with van der Waals surface area (Å²) in [6.07, 6.45) is 0. The molecule has 4 aromatic rings. The van der Waals surface area contributed by atoms with Crippen LogP contribution in [0.2, 0.25) is 10.0 Å². The fraction of sp³-hybridized carbons (Fsp3) is 0.161. The van der Waals surface area contributed by atoms with Crippen molar-refractivity contribution in [2.75, 3.05) is 24.4 Å². The van der Waals surface area contributed by atoms with E-state index in [0.29, 0.717) is 17.8 Å². The number of anilines is 1. The van der Waals surface area contributed by atoms with Gasteiger partial charge in [-0.25, -0.2) is 8.42 Å². The smallest absolute Gasteiger partial charge is 0.264 e. The van der Waals surface area contributed by atoms with Gasteiger partial charge >= 0.3 is 0 Å². The van der Waals surface area contributed by atoms with Crippen LogP contribution in [0, 0.1) is 0 Å². The van der Waals surface area contributed by atoms with Gasteiger partial charge in [-0.2, -0.15) is 0 Å². The maximum absolute atomic E-state index is 14.2. The van der Waals surface area contributed by atoms with Gasteiger partial charge in [0, 0.05) is 20.1 Å². The zero-order valence-corrected chi connectivity index (χ0v) is 24.5. The molecule has 0 aromatic heterocycles. The first kappa shape index (κ1) is 28.7. The second kappa shape index (κ2) is 11.9. The molecule has 4 aromatic carbocycles. The van der Waals surface area contributed by atoms with E-state index in [9.17, 15) is 18.0 Å². The van der Waals surface area contributed by atoms with E-state index in [-0.39, 0.29) is 39.5 Å². The Bertz CT molecular complexity index is 1680. The first-order chi connectivity index (χ1) is 19.7. The van der Waals surface area contributed by atoms with Crippen LogP contribution in [0.3, 0.4) is 0 Å². The number of rotatable bonds is 7. The lowest BCUT2D eigenvalue weighted by Crippen LogP contribution is -2.52. The molecule has 1 unspecified atom stereocenters. The first-order valence-corrected chi connectivity index (χ1v) is 15.1. The Morgan fingerprint density at radius 2 is 1.49 bits per heavy atom. The molecule has 1 heterocycles. The zero-order valence-electron chi connectivity index (χ0n) is 22.2. The molecule has 0 radical (unpaired) electrons. The van der Waals surface area contributed by atoms with Gasteiger partial charge in [0.25, 0.3) is 15.9 Å². The van der Waals surface area contributed by atoms with Gasteiger partial charge in [-0.1, -0.05) is 96.0 Å². The van der Waals surface area contributed by atoms with Crippen LogP contribution in [-0.4, -0.2) is 50.2 Å². The fourth-order valence-corrected chi connectivity index (χ4v) is 6.81. The third-order valence-corrected chi connectivity index (χ3v) is 9.43. The Kier molecular flexibility index (Phi) is 8.35. The normalized spacial score (nSPS) is 15.6. The molecule has 0 saturated carbocycles. The van der Waals surface area contributed by atoms with Gasteiger partial charge in [0.2, 0.25) is 5.91 Å². The predicted octanol–water partition coefficient (Wildman–Crippen LogP) is 6.04. The van der Waals surface area contributed by atoms with Gasteiger partial charge in [0.1, 0.15) is 6.04 Å². The number of sulfonamides is 1. The molecule has 0 N–H and O–H groups in total. The van der Waals surface area contributed by atoms with Gasteiger partial charge in [-0.3, -0.25) is 13.9 Å². The van der Waals surface area contributed by atoms with Crippen LogP contribution in [0.4, 0.5) is 5.69 Å². The zero-order chi connectivity index (χ0) is 29.1. The lowest BCUT2D eigenvalue weighted by Gasteiger charge is -2.39. The summed E-state index contributed by atoms with van der Waals surface area (Å²) in [4.78, 5) is 30.1. The van der Waals surface area contributed by atoms with Crippen molar-refractivity contribution in [1.29, 1.82) is 0 Å². The summed E-state index contributed by atoms with van der Waals surface area (Å²) < 4.78 is 29.6. The van der Waals surface area contributed by atoms with Crippen LogP contribution < -0.4 is 4.31 Å². The quantitative estimate of drug-likeness (QED) is 0.256.